The highest BCUT2D eigenvalue weighted by atomic mass is 35.5. The van der Waals surface area contributed by atoms with Crippen LogP contribution in [0, 0.1) is 5.92 Å². The fraction of sp³-hybridized carbons (Fsp3) is 0.440. The molecule has 1 atom stereocenters. The SMILES string of the molecule is C[C@H](CC(=O)O)CC(=O)c1c(CCCCCN(C)c2ncccn2)n(C)c2ccc(Cl)cc12. The van der Waals surface area contributed by atoms with Gasteiger partial charge < -0.3 is 14.6 Å². The number of rotatable bonds is 12. The molecule has 2 aromatic heterocycles. The number of anilines is 1. The van der Waals surface area contributed by atoms with Gasteiger partial charge in [-0.1, -0.05) is 24.9 Å². The first-order valence-electron chi connectivity index (χ1n) is 11.3. The van der Waals surface area contributed by atoms with Gasteiger partial charge in [0.2, 0.25) is 5.95 Å². The van der Waals surface area contributed by atoms with Crippen LogP contribution in [0.2, 0.25) is 5.02 Å². The van der Waals surface area contributed by atoms with E-state index in [4.69, 9.17) is 16.7 Å². The first-order chi connectivity index (χ1) is 15.8. The number of ketones is 1. The summed E-state index contributed by atoms with van der Waals surface area (Å²) in [7, 11) is 3.96. The second-order valence-electron chi connectivity index (χ2n) is 8.65. The molecule has 33 heavy (non-hydrogen) atoms. The van der Waals surface area contributed by atoms with Crippen LogP contribution >= 0.6 is 11.6 Å². The van der Waals surface area contributed by atoms with Gasteiger partial charge >= 0.3 is 5.97 Å². The molecule has 0 aliphatic carbocycles. The number of aromatic nitrogens is 3. The van der Waals surface area contributed by atoms with Crippen molar-refractivity contribution in [1.29, 1.82) is 0 Å². The number of carboxylic acids is 1. The second-order valence-corrected chi connectivity index (χ2v) is 9.09. The number of carbonyl (C=O) groups excluding carboxylic acids is 1. The number of hydrogen-bond acceptors (Lipinski definition) is 5. The van der Waals surface area contributed by atoms with Crippen LogP contribution in [-0.2, 0) is 18.3 Å². The van der Waals surface area contributed by atoms with Crippen molar-refractivity contribution in [3.8, 4) is 0 Å². The molecule has 0 radical (unpaired) electrons. The maximum atomic E-state index is 13.3. The smallest absolute Gasteiger partial charge is 0.303 e. The first kappa shape index (κ1) is 24.7. The summed E-state index contributed by atoms with van der Waals surface area (Å²) in [6, 6.07) is 7.41. The molecule has 0 aliphatic heterocycles. The Balaban J connectivity index is 1.70. The summed E-state index contributed by atoms with van der Waals surface area (Å²) in [5.41, 5.74) is 2.63. The van der Waals surface area contributed by atoms with Gasteiger partial charge in [0.15, 0.2) is 5.78 Å². The summed E-state index contributed by atoms with van der Waals surface area (Å²) in [5.74, 6) is -0.422. The molecule has 176 valence electrons. The van der Waals surface area contributed by atoms with E-state index < -0.39 is 5.97 Å². The summed E-state index contributed by atoms with van der Waals surface area (Å²) >= 11 is 6.24. The topological polar surface area (TPSA) is 88.3 Å². The van der Waals surface area contributed by atoms with Crippen molar-refractivity contribution in [3.05, 3.63) is 52.9 Å². The molecule has 0 saturated heterocycles. The summed E-state index contributed by atoms with van der Waals surface area (Å²) in [6.07, 6.45) is 7.35. The van der Waals surface area contributed by atoms with Crippen molar-refractivity contribution in [2.75, 3.05) is 18.5 Å². The fourth-order valence-electron chi connectivity index (χ4n) is 4.27. The Bertz CT molecular complexity index is 1110. The van der Waals surface area contributed by atoms with Crippen LogP contribution in [0.25, 0.3) is 10.9 Å². The van der Waals surface area contributed by atoms with E-state index >= 15 is 0 Å². The van der Waals surface area contributed by atoms with Gasteiger partial charge in [-0.05, 0) is 49.4 Å². The number of fused-ring (bicyclic) bond motifs is 1. The van der Waals surface area contributed by atoms with Crippen LogP contribution in [0.5, 0.6) is 0 Å². The molecule has 0 fully saturated rings. The van der Waals surface area contributed by atoms with Crippen LogP contribution in [0.3, 0.4) is 0 Å². The summed E-state index contributed by atoms with van der Waals surface area (Å²) in [5, 5.41) is 10.5. The molecular weight excluding hydrogens is 440 g/mol. The van der Waals surface area contributed by atoms with Crippen molar-refractivity contribution in [2.45, 2.75) is 45.4 Å². The van der Waals surface area contributed by atoms with Gasteiger partial charge in [0.05, 0.1) is 0 Å². The minimum absolute atomic E-state index is 0.0208. The predicted octanol–water partition coefficient (Wildman–Crippen LogP) is 5.15. The van der Waals surface area contributed by atoms with E-state index in [0.717, 1.165) is 48.8 Å². The van der Waals surface area contributed by atoms with Crippen LogP contribution in [0.15, 0.2) is 36.7 Å². The zero-order chi connectivity index (χ0) is 24.0. The Hall–Kier alpha value is -2.93. The molecule has 0 aliphatic rings. The third kappa shape index (κ3) is 6.32. The van der Waals surface area contributed by atoms with Gasteiger partial charge in [0, 0.05) is 73.1 Å². The highest BCUT2D eigenvalue weighted by Crippen LogP contribution is 2.31. The normalized spacial score (nSPS) is 12.1. The van der Waals surface area contributed by atoms with Crippen LogP contribution < -0.4 is 4.90 Å². The van der Waals surface area contributed by atoms with Gasteiger partial charge in [0.1, 0.15) is 0 Å². The molecule has 0 spiro atoms. The van der Waals surface area contributed by atoms with Gasteiger partial charge in [-0.25, -0.2) is 9.97 Å². The monoisotopic (exact) mass is 470 g/mol. The third-order valence-electron chi connectivity index (χ3n) is 5.92. The van der Waals surface area contributed by atoms with Gasteiger partial charge in [-0.15, -0.1) is 0 Å². The Morgan fingerprint density at radius 1 is 1.15 bits per heavy atom. The average molecular weight is 471 g/mol. The number of benzene rings is 1. The van der Waals surface area contributed by atoms with E-state index in [1.807, 2.05) is 37.2 Å². The molecule has 3 aromatic rings. The number of hydrogen-bond donors (Lipinski definition) is 1. The standard InChI is InChI=1S/C25H31ClN4O3/c1-17(15-23(32)33)14-22(31)24-19-16-18(26)9-10-20(19)30(3)21(24)8-5-4-6-13-29(2)25-27-11-7-12-28-25/h7,9-12,16-17H,4-6,8,13-15H2,1-3H3,(H,32,33)/t17-/m0/s1. The Labute approximate surface area is 199 Å². The lowest BCUT2D eigenvalue weighted by molar-refractivity contribution is -0.137. The van der Waals surface area contributed by atoms with Gasteiger partial charge in [-0.2, -0.15) is 0 Å². The Kier molecular flexibility index (Phi) is 8.44. The highest BCUT2D eigenvalue weighted by molar-refractivity contribution is 6.31. The minimum Gasteiger partial charge on any atom is -0.481 e. The largest absolute Gasteiger partial charge is 0.481 e. The summed E-state index contributed by atoms with van der Waals surface area (Å²) < 4.78 is 2.07. The van der Waals surface area contributed by atoms with Gasteiger partial charge in [0.25, 0.3) is 0 Å². The number of aliphatic carboxylic acids is 1. The average Bonchev–Trinajstić information content (AvgIpc) is 3.04. The molecule has 2 heterocycles. The van der Waals surface area contributed by atoms with Crippen LogP contribution in [0.1, 0.15) is 55.1 Å². The number of nitrogens with zero attached hydrogens (tertiary/aromatic N) is 4. The number of carboxylic acid groups (broad SMARTS) is 1. The molecule has 7 nitrogen and oxygen atoms in total. The quantitative estimate of drug-likeness (QED) is 0.290. The molecule has 0 bridgehead atoms. The molecule has 0 amide bonds. The Morgan fingerprint density at radius 3 is 2.58 bits per heavy atom. The molecule has 1 N–H and O–H groups in total. The molecule has 3 rings (SSSR count). The summed E-state index contributed by atoms with van der Waals surface area (Å²) in [6.45, 7) is 2.66. The lowest BCUT2D eigenvalue weighted by Crippen LogP contribution is -2.20. The lowest BCUT2D eigenvalue weighted by Gasteiger charge is -2.16. The number of halogens is 1. The zero-order valence-corrected chi connectivity index (χ0v) is 20.2. The zero-order valence-electron chi connectivity index (χ0n) is 19.4. The van der Waals surface area contributed by atoms with E-state index in [-0.39, 0.29) is 24.5 Å². The molecular formula is C25H31ClN4O3. The van der Waals surface area contributed by atoms with Crippen molar-refractivity contribution >= 4 is 40.2 Å². The fourth-order valence-corrected chi connectivity index (χ4v) is 4.44. The molecule has 8 heteroatoms. The van der Waals surface area contributed by atoms with E-state index in [9.17, 15) is 9.59 Å². The first-order valence-corrected chi connectivity index (χ1v) is 11.7. The van der Waals surface area contributed by atoms with Crippen molar-refractivity contribution in [3.63, 3.8) is 0 Å². The van der Waals surface area contributed by atoms with E-state index in [1.54, 1.807) is 25.4 Å². The number of unbranched alkanes of at least 4 members (excludes halogenated alkanes) is 2. The predicted molar refractivity (Wildman–Crippen MR) is 131 cm³/mol. The molecule has 0 unspecified atom stereocenters. The molecule has 0 saturated carbocycles. The molecule has 1 aromatic carbocycles. The highest BCUT2D eigenvalue weighted by Gasteiger charge is 2.23. The summed E-state index contributed by atoms with van der Waals surface area (Å²) in [4.78, 5) is 34.9. The number of carbonyl (C=O) groups is 2. The number of aryl methyl sites for hydroxylation is 1. The third-order valence-corrected chi connectivity index (χ3v) is 6.15. The van der Waals surface area contributed by atoms with E-state index in [2.05, 4.69) is 14.5 Å². The minimum atomic E-state index is -0.887. The maximum absolute atomic E-state index is 13.3. The van der Waals surface area contributed by atoms with Crippen molar-refractivity contribution < 1.29 is 14.7 Å². The van der Waals surface area contributed by atoms with Crippen molar-refractivity contribution in [1.82, 2.24) is 14.5 Å². The number of Topliss-reactive ketones (excluding diaryl/α,β-unsaturated/α-hetero) is 1. The van der Waals surface area contributed by atoms with E-state index in [1.165, 1.54) is 0 Å². The second kappa shape index (κ2) is 11.3. The van der Waals surface area contributed by atoms with Crippen LogP contribution in [-0.4, -0.2) is 45.0 Å². The van der Waals surface area contributed by atoms with E-state index in [0.29, 0.717) is 16.5 Å². The van der Waals surface area contributed by atoms with Crippen molar-refractivity contribution in [2.24, 2.45) is 13.0 Å². The van der Waals surface area contributed by atoms with Crippen LogP contribution in [0.4, 0.5) is 5.95 Å². The Morgan fingerprint density at radius 2 is 1.88 bits per heavy atom. The lowest BCUT2D eigenvalue weighted by atomic mass is 9.94. The van der Waals surface area contributed by atoms with Gasteiger partial charge in [-0.3, -0.25) is 9.59 Å². The maximum Gasteiger partial charge on any atom is 0.303 e.